The van der Waals surface area contributed by atoms with Crippen LogP contribution < -0.4 is 9.47 Å². The molecule has 0 aliphatic rings. The molecule has 0 saturated carbocycles. The number of hydrogen-bond donors (Lipinski definition) is 0. The van der Waals surface area contributed by atoms with E-state index in [9.17, 15) is 0 Å². The fourth-order valence-electron chi connectivity index (χ4n) is 2.09. The topological polar surface area (TPSA) is 49.2 Å². The van der Waals surface area contributed by atoms with Gasteiger partial charge in [-0.3, -0.25) is 0 Å². The molecule has 102 valence electrons. The van der Waals surface area contributed by atoms with E-state index in [0.717, 1.165) is 28.2 Å². The van der Waals surface area contributed by atoms with E-state index in [1.54, 1.807) is 18.0 Å². The first kappa shape index (κ1) is 12.5. The normalized spacial score (nSPS) is 10.7. The fourth-order valence-corrected chi connectivity index (χ4v) is 2.09. The van der Waals surface area contributed by atoms with Gasteiger partial charge < -0.3 is 9.47 Å². The van der Waals surface area contributed by atoms with E-state index in [0.29, 0.717) is 6.61 Å². The minimum absolute atomic E-state index is 0.601. The molecule has 0 amide bonds. The smallest absolute Gasteiger partial charge is 0.157 e. The molecule has 3 rings (SSSR count). The quantitative estimate of drug-likeness (QED) is 0.730. The van der Waals surface area contributed by atoms with Crippen LogP contribution >= 0.6 is 0 Å². The summed E-state index contributed by atoms with van der Waals surface area (Å²) in [4.78, 5) is 4.61. The van der Waals surface area contributed by atoms with Crippen molar-refractivity contribution in [1.82, 2.24) is 14.8 Å². The number of aromatic nitrogens is 3. The van der Waals surface area contributed by atoms with Gasteiger partial charge in [0.25, 0.3) is 0 Å². The Bertz CT molecular complexity index is 723. The maximum absolute atomic E-state index is 5.71. The maximum Gasteiger partial charge on any atom is 0.157 e. The van der Waals surface area contributed by atoms with Crippen molar-refractivity contribution in [3.05, 3.63) is 42.7 Å². The van der Waals surface area contributed by atoms with Gasteiger partial charge in [0.05, 0.1) is 19.2 Å². The van der Waals surface area contributed by atoms with Crippen LogP contribution in [0.4, 0.5) is 0 Å². The van der Waals surface area contributed by atoms with Gasteiger partial charge in [-0.15, -0.1) is 0 Å². The van der Waals surface area contributed by atoms with E-state index in [4.69, 9.17) is 9.47 Å². The van der Waals surface area contributed by atoms with Crippen LogP contribution in [0, 0.1) is 0 Å². The summed E-state index contributed by atoms with van der Waals surface area (Å²) in [6.07, 6.45) is 3.57. The number of ether oxygens (including phenoxy) is 2. The van der Waals surface area contributed by atoms with E-state index in [1.807, 2.05) is 43.5 Å². The summed E-state index contributed by atoms with van der Waals surface area (Å²) in [5.74, 6) is 2.29. The van der Waals surface area contributed by atoms with E-state index in [2.05, 4.69) is 10.1 Å². The minimum Gasteiger partial charge on any atom is -0.497 e. The second-order valence-corrected chi connectivity index (χ2v) is 4.25. The third-order valence-corrected chi connectivity index (χ3v) is 3.00. The first-order valence-electron chi connectivity index (χ1n) is 6.43. The van der Waals surface area contributed by atoms with E-state index in [1.165, 1.54) is 0 Å². The van der Waals surface area contributed by atoms with E-state index < -0.39 is 0 Å². The van der Waals surface area contributed by atoms with Crippen LogP contribution in [0.2, 0.25) is 0 Å². The Morgan fingerprint density at radius 3 is 2.85 bits per heavy atom. The highest BCUT2D eigenvalue weighted by Crippen LogP contribution is 2.29. The van der Waals surface area contributed by atoms with Crippen LogP contribution in [0.25, 0.3) is 16.7 Å². The molecule has 20 heavy (non-hydrogen) atoms. The molecule has 1 aromatic carbocycles. The third kappa shape index (κ3) is 2.18. The van der Waals surface area contributed by atoms with Crippen molar-refractivity contribution in [2.75, 3.05) is 13.7 Å². The Kier molecular flexibility index (Phi) is 3.25. The van der Waals surface area contributed by atoms with E-state index >= 15 is 0 Å². The van der Waals surface area contributed by atoms with Crippen LogP contribution in [0.5, 0.6) is 11.5 Å². The second kappa shape index (κ2) is 5.21. The Morgan fingerprint density at radius 2 is 2.15 bits per heavy atom. The highest BCUT2D eigenvalue weighted by molar-refractivity contribution is 5.87. The number of hydrogen-bond acceptors (Lipinski definition) is 4. The molecule has 0 bridgehead atoms. The van der Waals surface area contributed by atoms with Gasteiger partial charge in [0.2, 0.25) is 0 Å². The molecule has 3 aromatic rings. The highest BCUT2D eigenvalue weighted by Gasteiger charge is 2.09. The molecule has 5 nitrogen and oxygen atoms in total. The van der Waals surface area contributed by atoms with Crippen LogP contribution in [0.15, 0.2) is 42.7 Å². The molecular formula is C15H15N3O2. The molecular weight excluding hydrogens is 254 g/mol. The zero-order chi connectivity index (χ0) is 13.9. The molecule has 0 aliphatic heterocycles. The zero-order valence-electron chi connectivity index (χ0n) is 11.4. The lowest BCUT2D eigenvalue weighted by Crippen LogP contribution is -2.01. The lowest BCUT2D eigenvalue weighted by Gasteiger charge is -2.11. The number of nitrogens with zero attached hydrogens (tertiary/aromatic N) is 3. The molecule has 0 fully saturated rings. The van der Waals surface area contributed by atoms with Crippen molar-refractivity contribution in [3.8, 4) is 17.3 Å². The van der Waals surface area contributed by atoms with Crippen molar-refractivity contribution in [3.63, 3.8) is 0 Å². The molecule has 0 atom stereocenters. The Labute approximate surface area is 116 Å². The average Bonchev–Trinajstić information content (AvgIpc) is 3.01. The zero-order valence-corrected chi connectivity index (χ0v) is 11.4. The third-order valence-electron chi connectivity index (χ3n) is 3.00. The fraction of sp³-hybridized carbons (Fsp3) is 0.200. The number of rotatable bonds is 4. The lowest BCUT2D eigenvalue weighted by atomic mass is 10.2. The monoisotopic (exact) mass is 269 g/mol. The van der Waals surface area contributed by atoms with Gasteiger partial charge in [-0.25, -0.2) is 9.67 Å². The van der Waals surface area contributed by atoms with Crippen LogP contribution in [-0.4, -0.2) is 28.5 Å². The highest BCUT2D eigenvalue weighted by atomic mass is 16.5. The van der Waals surface area contributed by atoms with Gasteiger partial charge in [0.1, 0.15) is 11.5 Å². The summed E-state index contributed by atoms with van der Waals surface area (Å²) in [5.41, 5.74) is 0.820. The summed E-state index contributed by atoms with van der Waals surface area (Å²) in [6, 6.07) is 9.51. The summed E-state index contributed by atoms with van der Waals surface area (Å²) in [7, 11) is 1.64. The molecule has 0 aliphatic carbocycles. The number of pyridine rings is 1. The molecule has 2 heterocycles. The van der Waals surface area contributed by atoms with Gasteiger partial charge in [0, 0.05) is 29.9 Å². The molecule has 5 heteroatoms. The largest absolute Gasteiger partial charge is 0.497 e. The summed E-state index contributed by atoms with van der Waals surface area (Å²) < 4.78 is 12.7. The van der Waals surface area contributed by atoms with Crippen LogP contribution in [-0.2, 0) is 0 Å². The Morgan fingerprint density at radius 1 is 1.25 bits per heavy atom. The number of methoxy groups -OCH3 is 1. The number of fused-ring (bicyclic) bond motifs is 1. The predicted molar refractivity (Wildman–Crippen MR) is 76.6 cm³/mol. The van der Waals surface area contributed by atoms with Gasteiger partial charge in [-0.1, -0.05) is 0 Å². The van der Waals surface area contributed by atoms with Gasteiger partial charge in [-0.2, -0.15) is 5.10 Å². The SMILES string of the molecule is CCOc1cc(-n2cccn2)nc2cc(OC)ccc12. The minimum atomic E-state index is 0.601. The van der Waals surface area contributed by atoms with Crippen LogP contribution in [0.1, 0.15) is 6.92 Å². The van der Waals surface area contributed by atoms with Gasteiger partial charge in [0.15, 0.2) is 5.82 Å². The molecule has 0 radical (unpaired) electrons. The van der Waals surface area contributed by atoms with Gasteiger partial charge in [-0.05, 0) is 25.1 Å². The first-order valence-corrected chi connectivity index (χ1v) is 6.43. The van der Waals surface area contributed by atoms with E-state index in [-0.39, 0.29) is 0 Å². The first-order chi connectivity index (χ1) is 9.81. The summed E-state index contributed by atoms with van der Waals surface area (Å²) in [5, 5.41) is 5.17. The molecule has 2 aromatic heterocycles. The standard InChI is InChI=1S/C15H15N3O2/c1-3-20-14-10-15(18-8-4-7-16-18)17-13-9-11(19-2)5-6-12(13)14/h4-10H,3H2,1-2H3. The predicted octanol–water partition coefficient (Wildman–Crippen LogP) is 2.83. The van der Waals surface area contributed by atoms with Crippen molar-refractivity contribution in [2.45, 2.75) is 6.92 Å². The molecule has 0 unspecified atom stereocenters. The number of benzene rings is 1. The van der Waals surface area contributed by atoms with Crippen molar-refractivity contribution in [1.29, 1.82) is 0 Å². The Balaban J connectivity index is 2.22. The average molecular weight is 269 g/mol. The van der Waals surface area contributed by atoms with Crippen molar-refractivity contribution >= 4 is 10.9 Å². The lowest BCUT2D eigenvalue weighted by molar-refractivity contribution is 0.344. The molecule has 0 saturated heterocycles. The molecule has 0 spiro atoms. The van der Waals surface area contributed by atoms with Gasteiger partial charge >= 0.3 is 0 Å². The Hall–Kier alpha value is -2.56. The molecule has 0 N–H and O–H groups in total. The maximum atomic E-state index is 5.71. The van der Waals surface area contributed by atoms with Crippen molar-refractivity contribution in [2.24, 2.45) is 0 Å². The summed E-state index contributed by atoms with van der Waals surface area (Å²) in [6.45, 7) is 2.56. The van der Waals surface area contributed by atoms with Crippen molar-refractivity contribution < 1.29 is 9.47 Å². The second-order valence-electron chi connectivity index (χ2n) is 4.25. The van der Waals surface area contributed by atoms with Crippen LogP contribution in [0.3, 0.4) is 0 Å². The summed E-state index contributed by atoms with van der Waals surface area (Å²) >= 11 is 0.